The fourth-order valence-electron chi connectivity index (χ4n) is 3.11. The predicted octanol–water partition coefficient (Wildman–Crippen LogP) is 5.48. The first-order valence-corrected chi connectivity index (χ1v) is 8.20. The summed E-state index contributed by atoms with van der Waals surface area (Å²) in [4.78, 5) is 4.46. The molecule has 0 aliphatic rings. The van der Waals surface area contributed by atoms with Gasteiger partial charge in [-0.25, -0.2) is 0 Å². The van der Waals surface area contributed by atoms with E-state index in [1.165, 1.54) is 16.7 Å². The van der Waals surface area contributed by atoms with Crippen molar-refractivity contribution in [2.24, 2.45) is 10.8 Å². The maximum Gasteiger partial charge on any atom is 0.0300 e. The Hall–Kier alpha value is -1.63. The Bertz CT molecular complexity index is 591. The van der Waals surface area contributed by atoms with Gasteiger partial charge in [0.2, 0.25) is 0 Å². The monoisotopic (exact) mass is 295 g/mol. The molecule has 1 heterocycles. The highest BCUT2D eigenvalue weighted by atomic mass is 14.6. The van der Waals surface area contributed by atoms with E-state index < -0.39 is 0 Å². The van der Waals surface area contributed by atoms with Crippen LogP contribution in [0, 0.1) is 10.8 Å². The minimum Gasteiger partial charge on any atom is -0.264 e. The molecule has 1 aromatic carbocycles. The normalized spacial score (nSPS) is 12.4. The van der Waals surface area contributed by atoms with Gasteiger partial charge in [-0.2, -0.15) is 0 Å². The first-order chi connectivity index (χ1) is 10.2. The number of benzene rings is 1. The molecule has 1 heteroatoms. The zero-order valence-corrected chi connectivity index (χ0v) is 14.7. The summed E-state index contributed by atoms with van der Waals surface area (Å²) < 4.78 is 0. The first-order valence-electron chi connectivity index (χ1n) is 8.20. The Morgan fingerprint density at radius 2 is 1.27 bits per heavy atom. The maximum absolute atomic E-state index is 4.46. The van der Waals surface area contributed by atoms with Crippen LogP contribution in [0.3, 0.4) is 0 Å². The second-order valence-corrected chi connectivity index (χ2v) is 8.44. The summed E-state index contributed by atoms with van der Waals surface area (Å²) in [5.41, 5.74) is 4.65. The summed E-state index contributed by atoms with van der Waals surface area (Å²) in [7, 11) is 0. The van der Waals surface area contributed by atoms with Gasteiger partial charge in [-0.1, -0.05) is 71.0 Å². The van der Waals surface area contributed by atoms with Crippen LogP contribution < -0.4 is 0 Å². The number of aromatic nitrogens is 1. The summed E-state index contributed by atoms with van der Waals surface area (Å²) in [5, 5.41) is 0. The van der Waals surface area contributed by atoms with Gasteiger partial charge in [-0.3, -0.25) is 4.98 Å². The van der Waals surface area contributed by atoms with Crippen molar-refractivity contribution in [3.05, 3.63) is 65.5 Å². The Labute approximate surface area is 135 Å². The maximum atomic E-state index is 4.46. The quantitative estimate of drug-likeness (QED) is 0.711. The molecule has 0 spiro atoms. The fraction of sp³-hybridized carbons (Fsp3) is 0.476. The molecule has 0 radical (unpaired) electrons. The fourth-order valence-corrected chi connectivity index (χ4v) is 3.11. The van der Waals surface area contributed by atoms with Crippen LogP contribution in [0.15, 0.2) is 48.8 Å². The van der Waals surface area contributed by atoms with Crippen molar-refractivity contribution in [2.45, 2.75) is 53.9 Å². The molecule has 2 rings (SSSR count). The molecule has 0 fully saturated rings. The summed E-state index contributed by atoms with van der Waals surface area (Å²) in [5.74, 6) is 0. The molecule has 0 aliphatic heterocycles. The topological polar surface area (TPSA) is 12.9 Å². The lowest BCUT2D eigenvalue weighted by Gasteiger charge is -2.25. The van der Waals surface area contributed by atoms with Crippen LogP contribution >= 0.6 is 0 Å². The highest BCUT2D eigenvalue weighted by Gasteiger charge is 2.20. The number of rotatable bonds is 5. The molecule has 0 aliphatic carbocycles. The number of hydrogen-bond acceptors (Lipinski definition) is 1. The van der Waals surface area contributed by atoms with Gasteiger partial charge in [0.1, 0.15) is 0 Å². The molecule has 1 aromatic heterocycles. The first kappa shape index (κ1) is 16.7. The van der Waals surface area contributed by atoms with Gasteiger partial charge in [-0.15, -0.1) is 0 Å². The van der Waals surface area contributed by atoms with Crippen LogP contribution in [-0.4, -0.2) is 4.98 Å². The van der Waals surface area contributed by atoms with Gasteiger partial charge in [-0.05, 0) is 46.8 Å². The van der Waals surface area contributed by atoms with Crippen LogP contribution in [0.5, 0.6) is 0 Å². The van der Waals surface area contributed by atoms with E-state index in [9.17, 15) is 0 Å². The number of nitrogens with zero attached hydrogens (tertiary/aromatic N) is 1. The third-order valence-corrected chi connectivity index (χ3v) is 3.79. The van der Waals surface area contributed by atoms with E-state index in [2.05, 4.69) is 76.0 Å². The summed E-state index contributed by atoms with van der Waals surface area (Å²) >= 11 is 0. The van der Waals surface area contributed by atoms with Crippen molar-refractivity contribution >= 4 is 0 Å². The Morgan fingerprint density at radius 3 is 1.86 bits per heavy atom. The van der Waals surface area contributed by atoms with Gasteiger partial charge in [0.25, 0.3) is 0 Å². The molecule has 22 heavy (non-hydrogen) atoms. The highest BCUT2D eigenvalue weighted by Crippen LogP contribution is 2.28. The molecule has 0 saturated carbocycles. The van der Waals surface area contributed by atoms with E-state index in [1.54, 1.807) is 0 Å². The zero-order valence-electron chi connectivity index (χ0n) is 14.7. The van der Waals surface area contributed by atoms with Crippen molar-refractivity contribution in [2.75, 3.05) is 0 Å². The minimum absolute atomic E-state index is 0.239. The zero-order chi connectivity index (χ0) is 16.2. The molecular formula is C21H29N. The number of hydrogen-bond donors (Lipinski definition) is 0. The average Bonchev–Trinajstić information content (AvgIpc) is 2.36. The molecular weight excluding hydrogens is 266 g/mol. The van der Waals surface area contributed by atoms with Crippen molar-refractivity contribution in [1.82, 2.24) is 4.98 Å². The third-order valence-electron chi connectivity index (χ3n) is 3.79. The summed E-state index contributed by atoms with van der Waals surface area (Å²) in [6.07, 6.45) is 7.27. The van der Waals surface area contributed by atoms with Crippen LogP contribution in [0.4, 0.5) is 0 Å². The molecule has 0 N–H and O–H groups in total. The molecule has 0 atom stereocenters. The van der Waals surface area contributed by atoms with Gasteiger partial charge in [0, 0.05) is 12.4 Å². The van der Waals surface area contributed by atoms with Gasteiger partial charge in [0.05, 0.1) is 0 Å². The molecule has 1 nitrogen and oxygen atoms in total. The van der Waals surface area contributed by atoms with Crippen molar-refractivity contribution in [3.8, 4) is 0 Å². The van der Waals surface area contributed by atoms with E-state index in [0.717, 1.165) is 19.3 Å². The molecule has 0 bridgehead atoms. The molecule has 0 saturated heterocycles. The Kier molecular flexibility index (Phi) is 5.05. The average molecular weight is 295 g/mol. The lowest BCUT2D eigenvalue weighted by atomic mass is 9.80. The van der Waals surface area contributed by atoms with Gasteiger partial charge >= 0.3 is 0 Å². The van der Waals surface area contributed by atoms with Crippen LogP contribution in [-0.2, 0) is 19.3 Å². The summed E-state index contributed by atoms with van der Waals surface area (Å²) in [6, 6.07) is 13.1. The lowest BCUT2D eigenvalue weighted by Crippen LogP contribution is -2.19. The second-order valence-electron chi connectivity index (χ2n) is 8.44. The minimum atomic E-state index is 0.239. The van der Waals surface area contributed by atoms with E-state index in [-0.39, 0.29) is 5.41 Å². The second kappa shape index (κ2) is 6.64. The third kappa shape index (κ3) is 5.63. The van der Waals surface area contributed by atoms with Crippen molar-refractivity contribution < 1.29 is 0 Å². The Balaban J connectivity index is 2.07. The van der Waals surface area contributed by atoms with Gasteiger partial charge < -0.3 is 0 Å². The smallest absolute Gasteiger partial charge is 0.0300 e. The van der Waals surface area contributed by atoms with Gasteiger partial charge in [0.15, 0.2) is 0 Å². The SMILES string of the molecule is CC(C)(C)Cc1cncc(CC(C)(C)Cc2ccccc2)c1. The molecule has 2 aromatic rings. The van der Waals surface area contributed by atoms with Crippen molar-refractivity contribution in [3.63, 3.8) is 0 Å². The van der Waals surface area contributed by atoms with E-state index in [1.807, 2.05) is 12.4 Å². The standard InChI is InChI=1S/C21H29N/c1-20(2,3)12-18-11-19(16-22-15-18)14-21(4,5)13-17-9-7-6-8-10-17/h6-11,15-16H,12-14H2,1-5H3. The van der Waals surface area contributed by atoms with E-state index in [0.29, 0.717) is 5.41 Å². The molecule has 0 unspecified atom stereocenters. The molecule has 0 amide bonds. The van der Waals surface area contributed by atoms with Crippen LogP contribution in [0.2, 0.25) is 0 Å². The number of pyridine rings is 1. The summed E-state index contributed by atoms with van der Waals surface area (Å²) in [6.45, 7) is 11.5. The predicted molar refractivity (Wildman–Crippen MR) is 95.0 cm³/mol. The lowest BCUT2D eigenvalue weighted by molar-refractivity contribution is 0.360. The Morgan fingerprint density at radius 1 is 0.727 bits per heavy atom. The van der Waals surface area contributed by atoms with Crippen molar-refractivity contribution in [1.29, 1.82) is 0 Å². The van der Waals surface area contributed by atoms with Crippen LogP contribution in [0.1, 0.15) is 51.3 Å². The molecule has 118 valence electrons. The van der Waals surface area contributed by atoms with Crippen LogP contribution in [0.25, 0.3) is 0 Å². The van der Waals surface area contributed by atoms with E-state index >= 15 is 0 Å². The largest absolute Gasteiger partial charge is 0.264 e. The highest BCUT2D eigenvalue weighted by molar-refractivity contribution is 5.22. The van der Waals surface area contributed by atoms with E-state index in [4.69, 9.17) is 0 Å².